The first-order valence-corrected chi connectivity index (χ1v) is 7.24. The van der Waals surface area contributed by atoms with Crippen molar-refractivity contribution >= 4 is 11.3 Å². The number of hydrogen-bond acceptors (Lipinski definition) is 3. The fourth-order valence-electron chi connectivity index (χ4n) is 1.66. The Morgan fingerprint density at radius 3 is 2.88 bits per heavy atom. The van der Waals surface area contributed by atoms with E-state index in [1.54, 1.807) is 0 Å². The quantitative estimate of drug-likeness (QED) is 0.753. The zero-order valence-electron chi connectivity index (χ0n) is 10.8. The Bertz CT molecular complexity index is 283. The van der Waals surface area contributed by atoms with E-state index in [9.17, 15) is 0 Å². The van der Waals surface area contributed by atoms with Gasteiger partial charge in [-0.05, 0) is 19.8 Å². The summed E-state index contributed by atoms with van der Waals surface area (Å²) in [6, 6.07) is 0.644. The van der Waals surface area contributed by atoms with Crippen LogP contribution in [0.1, 0.15) is 49.9 Å². The SMILES string of the molecule is CCCCC(C)NCCc1ncc(CC)s1. The fourth-order valence-corrected chi connectivity index (χ4v) is 2.53. The molecule has 1 aromatic rings. The predicted molar refractivity (Wildman–Crippen MR) is 72.2 cm³/mol. The van der Waals surface area contributed by atoms with E-state index in [-0.39, 0.29) is 0 Å². The van der Waals surface area contributed by atoms with Crippen LogP contribution in [0.4, 0.5) is 0 Å². The number of thiazole rings is 1. The molecular formula is C13H24N2S. The molecule has 0 fully saturated rings. The van der Waals surface area contributed by atoms with Crippen LogP contribution in [0.25, 0.3) is 0 Å². The van der Waals surface area contributed by atoms with Gasteiger partial charge >= 0.3 is 0 Å². The minimum atomic E-state index is 0.644. The highest BCUT2D eigenvalue weighted by Crippen LogP contribution is 2.13. The molecule has 0 aliphatic heterocycles. The number of aromatic nitrogens is 1. The lowest BCUT2D eigenvalue weighted by molar-refractivity contribution is 0.498. The summed E-state index contributed by atoms with van der Waals surface area (Å²) in [5.74, 6) is 0. The Hall–Kier alpha value is -0.410. The molecule has 3 heteroatoms. The lowest BCUT2D eigenvalue weighted by Crippen LogP contribution is -2.27. The molecule has 0 saturated carbocycles. The highest BCUT2D eigenvalue weighted by molar-refractivity contribution is 7.11. The number of rotatable bonds is 8. The molecular weight excluding hydrogens is 216 g/mol. The lowest BCUT2D eigenvalue weighted by Gasteiger charge is -2.12. The van der Waals surface area contributed by atoms with Gasteiger partial charge in [0.15, 0.2) is 0 Å². The van der Waals surface area contributed by atoms with Gasteiger partial charge in [-0.2, -0.15) is 0 Å². The van der Waals surface area contributed by atoms with Crippen molar-refractivity contribution in [3.8, 4) is 0 Å². The van der Waals surface area contributed by atoms with Gasteiger partial charge in [-0.15, -0.1) is 11.3 Å². The Kier molecular flexibility index (Phi) is 6.65. The summed E-state index contributed by atoms with van der Waals surface area (Å²) in [6.07, 6.45) is 8.10. The van der Waals surface area contributed by atoms with Crippen molar-refractivity contribution < 1.29 is 0 Å². The maximum atomic E-state index is 4.42. The molecule has 92 valence electrons. The second-order valence-electron chi connectivity index (χ2n) is 4.32. The third-order valence-corrected chi connectivity index (χ3v) is 3.97. The molecule has 16 heavy (non-hydrogen) atoms. The molecule has 0 aliphatic rings. The molecule has 0 aromatic carbocycles. The molecule has 1 atom stereocenters. The molecule has 0 aliphatic carbocycles. The van der Waals surface area contributed by atoms with Gasteiger partial charge in [0.1, 0.15) is 0 Å². The molecule has 0 radical (unpaired) electrons. The van der Waals surface area contributed by atoms with Gasteiger partial charge in [0.2, 0.25) is 0 Å². The van der Waals surface area contributed by atoms with Crippen molar-refractivity contribution in [2.75, 3.05) is 6.54 Å². The summed E-state index contributed by atoms with van der Waals surface area (Å²) in [4.78, 5) is 5.82. The van der Waals surface area contributed by atoms with Crippen LogP contribution < -0.4 is 5.32 Å². The van der Waals surface area contributed by atoms with E-state index in [2.05, 4.69) is 31.1 Å². The average Bonchev–Trinajstić information content (AvgIpc) is 2.74. The summed E-state index contributed by atoms with van der Waals surface area (Å²) in [5, 5.41) is 4.83. The molecule has 0 bridgehead atoms. The second kappa shape index (κ2) is 7.80. The Morgan fingerprint density at radius 1 is 1.44 bits per heavy atom. The minimum Gasteiger partial charge on any atom is -0.314 e. The van der Waals surface area contributed by atoms with Gasteiger partial charge in [0.05, 0.1) is 5.01 Å². The van der Waals surface area contributed by atoms with Gasteiger partial charge < -0.3 is 5.32 Å². The first-order chi connectivity index (χ1) is 7.76. The number of nitrogens with zero attached hydrogens (tertiary/aromatic N) is 1. The molecule has 0 spiro atoms. The van der Waals surface area contributed by atoms with Crippen molar-refractivity contribution in [2.24, 2.45) is 0 Å². The van der Waals surface area contributed by atoms with Gasteiger partial charge in [0, 0.05) is 30.1 Å². The van der Waals surface area contributed by atoms with Gasteiger partial charge in [-0.1, -0.05) is 26.7 Å². The van der Waals surface area contributed by atoms with Gasteiger partial charge in [-0.25, -0.2) is 4.98 Å². The van der Waals surface area contributed by atoms with Crippen molar-refractivity contribution in [1.29, 1.82) is 0 Å². The molecule has 2 nitrogen and oxygen atoms in total. The van der Waals surface area contributed by atoms with Crippen molar-refractivity contribution in [3.63, 3.8) is 0 Å². The molecule has 1 N–H and O–H groups in total. The number of unbranched alkanes of at least 4 members (excludes halogenated alkanes) is 1. The summed E-state index contributed by atoms with van der Waals surface area (Å²) < 4.78 is 0. The zero-order chi connectivity index (χ0) is 11.8. The smallest absolute Gasteiger partial charge is 0.0940 e. The fraction of sp³-hybridized carbons (Fsp3) is 0.769. The van der Waals surface area contributed by atoms with Crippen LogP contribution in [-0.2, 0) is 12.8 Å². The van der Waals surface area contributed by atoms with Crippen molar-refractivity contribution in [3.05, 3.63) is 16.1 Å². The Balaban J connectivity index is 2.14. The number of nitrogens with one attached hydrogen (secondary N) is 1. The largest absolute Gasteiger partial charge is 0.314 e. The standard InChI is InChI=1S/C13H24N2S/c1-4-6-7-11(3)14-9-8-13-15-10-12(5-2)16-13/h10-11,14H,4-9H2,1-3H3. The molecule has 0 amide bonds. The topological polar surface area (TPSA) is 24.9 Å². The first-order valence-electron chi connectivity index (χ1n) is 6.43. The van der Waals surface area contributed by atoms with E-state index >= 15 is 0 Å². The van der Waals surface area contributed by atoms with Crippen molar-refractivity contribution in [2.45, 2.75) is 58.9 Å². The zero-order valence-corrected chi connectivity index (χ0v) is 11.6. The van der Waals surface area contributed by atoms with Crippen LogP contribution in [0.2, 0.25) is 0 Å². The highest BCUT2D eigenvalue weighted by atomic mass is 32.1. The van der Waals surface area contributed by atoms with Gasteiger partial charge in [0.25, 0.3) is 0 Å². The van der Waals surface area contributed by atoms with E-state index in [0.29, 0.717) is 6.04 Å². The van der Waals surface area contributed by atoms with E-state index in [4.69, 9.17) is 0 Å². The summed E-state index contributed by atoms with van der Waals surface area (Å²) in [7, 11) is 0. The first kappa shape index (κ1) is 13.7. The van der Waals surface area contributed by atoms with Crippen LogP contribution in [0.15, 0.2) is 6.20 Å². The molecule has 1 unspecified atom stereocenters. The van der Waals surface area contributed by atoms with Crippen molar-refractivity contribution in [1.82, 2.24) is 10.3 Å². The number of aryl methyl sites for hydroxylation is 1. The van der Waals surface area contributed by atoms with Crippen LogP contribution in [0, 0.1) is 0 Å². The van der Waals surface area contributed by atoms with Crippen LogP contribution in [0.5, 0.6) is 0 Å². The average molecular weight is 240 g/mol. The Morgan fingerprint density at radius 2 is 2.25 bits per heavy atom. The maximum absolute atomic E-state index is 4.42. The summed E-state index contributed by atoms with van der Waals surface area (Å²) >= 11 is 1.85. The monoisotopic (exact) mass is 240 g/mol. The molecule has 1 rings (SSSR count). The predicted octanol–water partition coefficient (Wildman–Crippen LogP) is 3.42. The third kappa shape index (κ3) is 5.08. The van der Waals surface area contributed by atoms with Gasteiger partial charge in [-0.3, -0.25) is 0 Å². The normalized spacial score (nSPS) is 12.9. The second-order valence-corrected chi connectivity index (χ2v) is 5.52. The maximum Gasteiger partial charge on any atom is 0.0940 e. The van der Waals surface area contributed by atoms with Crippen LogP contribution >= 0.6 is 11.3 Å². The lowest BCUT2D eigenvalue weighted by atomic mass is 10.1. The van der Waals surface area contributed by atoms with Crippen LogP contribution in [-0.4, -0.2) is 17.6 Å². The third-order valence-electron chi connectivity index (χ3n) is 2.77. The van der Waals surface area contributed by atoms with E-state index < -0.39 is 0 Å². The van der Waals surface area contributed by atoms with E-state index in [0.717, 1.165) is 19.4 Å². The summed E-state index contributed by atoms with van der Waals surface area (Å²) in [5.41, 5.74) is 0. The summed E-state index contributed by atoms with van der Waals surface area (Å²) in [6.45, 7) is 7.76. The van der Waals surface area contributed by atoms with E-state index in [1.165, 1.54) is 29.1 Å². The Labute approximate surface area is 103 Å². The van der Waals surface area contributed by atoms with Crippen LogP contribution in [0.3, 0.4) is 0 Å². The molecule has 1 aromatic heterocycles. The molecule has 0 saturated heterocycles. The minimum absolute atomic E-state index is 0.644. The number of hydrogen-bond donors (Lipinski definition) is 1. The highest BCUT2D eigenvalue weighted by Gasteiger charge is 2.02. The molecule has 1 heterocycles. The van der Waals surface area contributed by atoms with E-state index in [1.807, 2.05) is 17.5 Å².